The van der Waals surface area contributed by atoms with Crippen molar-refractivity contribution in [2.75, 3.05) is 39.9 Å². The molecule has 0 saturated carbocycles. The Hall–Kier alpha value is -1.95. The maximum absolute atomic E-state index is 12.5. The zero-order chi connectivity index (χ0) is 16.9. The first-order valence-electron chi connectivity index (χ1n) is 8.68. The van der Waals surface area contributed by atoms with Crippen LogP contribution in [-0.4, -0.2) is 66.5 Å². The monoisotopic (exact) mass is 331 g/mol. The Labute approximate surface area is 142 Å². The summed E-state index contributed by atoms with van der Waals surface area (Å²) in [5.74, 6) is 0.542. The average molecular weight is 331 g/mol. The second kappa shape index (κ2) is 7.75. The highest BCUT2D eigenvalue weighted by atomic mass is 16.5. The SMILES string of the molecule is COCCN1C[C@@H](Cc2cc(C(=O)N3CCCC3)ccn2)CC1=O. The Morgan fingerprint density at radius 3 is 2.92 bits per heavy atom. The molecule has 0 bridgehead atoms. The van der Waals surface area contributed by atoms with Crippen molar-refractivity contribution in [1.82, 2.24) is 14.8 Å². The lowest BCUT2D eigenvalue weighted by atomic mass is 10.0. The summed E-state index contributed by atoms with van der Waals surface area (Å²) in [5, 5.41) is 0. The van der Waals surface area contributed by atoms with Crippen LogP contribution in [0.1, 0.15) is 35.3 Å². The minimum absolute atomic E-state index is 0.0976. The van der Waals surface area contributed by atoms with Gasteiger partial charge in [-0.15, -0.1) is 0 Å². The summed E-state index contributed by atoms with van der Waals surface area (Å²) in [4.78, 5) is 32.7. The first kappa shape index (κ1) is 16.9. The van der Waals surface area contributed by atoms with Gasteiger partial charge in [-0.3, -0.25) is 14.6 Å². The minimum atomic E-state index is 0.0976. The molecule has 0 spiro atoms. The van der Waals surface area contributed by atoms with Crippen molar-refractivity contribution in [2.45, 2.75) is 25.7 Å². The fraction of sp³-hybridized carbons (Fsp3) is 0.611. The third kappa shape index (κ3) is 3.93. The number of ether oxygens (including phenoxy) is 1. The molecule has 6 nitrogen and oxygen atoms in total. The standard InChI is InChI=1S/C18H25N3O3/c1-24-9-8-21-13-14(11-17(21)22)10-16-12-15(4-5-19-16)18(23)20-6-2-3-7-20/h4-5,12,14H,2-3,6-11,13H2,1H3/t14-/m0/s1. The van der Waals surface area contributed by atoms with Crippen LogP contribution in [0.15, 0.2) is 18.3 Å². The van der Waals surface area contributed by atoms with Gasteiger partial charge in [-0.2, -0.15) is 0 Å². The zero-order valence-electron chi connectivity index (χ0n) is 14.2. The fourth-order valence-corrected chi connectivity index (χ4v) is 3.53. The third-order valence-corrected chi connectivity index (χ3v) is 4.81. The van der Waals surface area contributed by atoms with Crippen LogP contribution in [0.5, 0.6) is 0 Å². The van der Waals surface area contributed by atoms with Crippen LogP contribution in [-0.2, 0) is 16.0 Å². The van der Waals surface area contributed by atoms with Gasteiger partial charge in [0.05, 0.1) is 6.61 Å². The van der Waals surface area contributed by atoms with Crippen molar-refractivity contribution in [3.8, 4) is 0 Å². The van der Waals surface area contributed by atoms with Crippen molar-refractivity contribution in [3.05, 3.63) is 29.6 Å². The summed E-state index contributed by atoms with van der Waals surface area (Å²) in [6.45, 7) is 3.65. The van der Waals surface area contributed by atoms with Gasteiger partial charge in [0, 0.05) is 57.2 Å². The van der Waals surface area contributed by atoms with Crippen molar-refractivity contribution in [2.24, 2.45) is 5.92 Å². The molecule has 0 aliphatic carbocycles. The largest absolute Gasteiger partial charge is 0.383 e. The van der Waals surface area contributed by atoms with Crippen LogP contribution < -0.4 is 0 Å². The van der Waals surface area contributed by atoms with Crippen LogP contribution >= 0.6 is 0 Å². The van der Waals surface area contributed by atoms with Crippen molar-refractivity contribution >= 4 is 11.8 Å². The lowest BCUT2D eigenvalue weighted by molar-refractivity contribution is -0.128. The van der Waals surface area contributed by atoms with Gasteiger partial charge >= 0.3 is 0 Å². The van der Waals surface area contributed by atoms with Crippen LogP contribution in [0.25, 0.3) is 0 Å². The maximum Gasteiger partial charge on any atom is 0.253 e. The van der Waals surface area contributed by atoms with E-state index in [1.807, 2.05) is 15.9 Å². The molecule has 1 aromatic heterocycles. The second-order valence-electron chi connectivity index (χ2n) is 6.64. The van der Waals surface area contributed by atoms with Crippen molar-refractivity contribution < 1.29 is 14.3 Å². The van der Waals surface area contributed by atoms with Gasteiger partial charge in [-0.1, -0.05) is 0 Å². The van der Waals surface area contributed by atoms with Gasteiger partial charge in [-0.25, -0.2) is 0 Å². The minimum Gasteiger partial charge on any atom is -0.383 e. The molecular weight excluding hydrogens is 306 g/mol. The Kier molecular flexibility index (Phi) is 5.45. The molecule has 2 fully saturated rings. The normalized spacial score (nSPS) is 20.9. The summed E-state index contributed by atoms with van der Waals surface area (Å²) in [6.07, 6.45) is 5.17. The Bertz CT molecular complexity index is 599. The van der Waals surface area contributed by atoms with Gasteiger partial charge in [0.2, 0.25) is 5.91 Å². The Morgan fingerprint density at radius 2 is 2.17 bits per heavy atom. The van der Waals surface area contributed by atoms with E-state index >= 15 is 0 Å². The molecule has 130 valence electrons. The lowest BCUT2D eigenvalue weighted by Gasteiger charge is -2.17. The number of pyridine rings is 1. The quantitative estimate of drug-likeness (QED) is 0.789. The molecule has 2 saturated heterocycles. The number of hydrogen-bond acceptors (Lipinski definition) is 4. The van der Waals surface area contributed by atoms with Gasteiger partial charge in [0.15, 0.2) is 0 Å². The topological polar surface area (TPSA) is 62.7 Å². The summed E-state index contributed by atoms with van der Waals surface area (Å²) in [5.41, 5.74) is 1.61. The molecule has 0 radical (unpaired) electrons. The van der Waals surface area contributed by atoms with Crippen LogP contribution in [0.3, 0.4) is 0 Å². The van der Waals surface area contributed by atoms with E-state index in [-0.39, 0.29) is 17.7 Å². The highest BCUT2D eigenvalue weighted by Gasteiger charge is 2.29. The number of rotatable bonds is 6. The smallest absolute Gasteiger partial charge is 0.253 e. The molecule has 24 heavy (non-hydrogen) atoms. The third-order valence-electron chi connectivity index (χ3n) is 4.81. The molecule has 2 aliphatic heterocycles. The number of hydrogen-bond donors (Lipinski definition) is 0. The van der Waals surface area contributed by atoms with E-state index < -0.39 is 0 Å². The highest BCUT2D eigenvalue weighted by molar-refractivity contribution is 5.94. The molecule has 0 aromatic carbocycles. The molecule has 2 aliphatic rings. The number of nitrogens with zero attached hydrogens (tertiary/aromatic N) is 3. The molecule has 3 heterocycles. The second-order valence-corrected chi connectivity index (χ2v) is 6.64. The predicted octanol–water partition coefficient (Wildman–Crippen LogP) is 1.35. The molecule has 6 heteroatoms. The highest BCUT2D eigenvalue weighted by Crippen LogP contribution is 2.22. The van der Waals surface area contributed by atoms with Gasteiger partial charge in [0.25, 0.3) is 5.91 Å². The average Bonchev–Trinajstić information content (AvgIpc) is 3.22. The van der Waals surface area contributed by atoms with E-state index in [2.05, 4.69) is 4.98 Å². The molecule has 2 amide bonds. The Morgan fingerprint density at radius 1 is 1.38 bits per heavy atom. The predicted molar refractivity (Wildman–Crippen MR) is 89.6 cm³/mol. The van der Waals surface area contributed by atoms with Gasteiger partial charge in [-0.05, 0) is 37.3 Å². The maximum atomic E-state index is 12.5. The van der Waals surface area contributed by atoms with E-state index in [0.717, 1.165) is 44.6 Å². The van der Waals surface area contributed by atoms with E-state index in [1.54, 1.807) is 19.4 Å². The van der Waals surface area contributed by atoms with Crippen molar-refractivity contribution in [3.63, 3.8) is 0 Å². The molecular formula is C18H25N3O3. The summed E-state index contributed by atoms with van der Waals surface area (Å²) in [6, 6.07) is 3.68. The molecule has 0 N–H and O–H groups in total. The molecule has 1 atom stereocenters. The van der Waals surface area contributed by atoms with E-state index in [4.69, 9.17) is 4.74 Å². The number of methoxy groups -OCH3 is 1. The molecule has 0 unspecified atom stereocenters. The van der Waals surface area contributed by atoms with Crippen LogP contribution in [0.2, 0.25) is 0 Å². The molecule has 1 aromatic rings. The first-order valence-corrected chi connectivity index (χ1v) is 8.68. The number of carbonyl (C=O) groups excluding carboxylic acids is 2. The molecule has 3 rings (SSSR count). The summed E-state index contributed by atoms with van der Waals surface area (Å²) >= 11 is 0. The Balaban J connectivity index is 1.60. The fourth-order valence-electron chi connectivity index (χ4n) is 3.53. The lowest BCUT2D eigenvalue weighted by Crippen LogP contribution is -2.29. The number of amides is 2. The van der Waals surface area contributed by atoms with E-state index in [1.165, 1.54) is 0 Å². The van der Waals surface area contributed by atoms with Crippen LogP contribution in [0.4, 0.5) is 0 Å². The van der Waals surface area contributed by atoms with Crippen LogP contribution in [0, 0.1) is 5.92 Å². The summed E-state index contributed by atoms with van der Waals surface area (Å²) < 4.78 is 5.05. The van der Waals surface area contributed by atoms with Crippen molar-refractivity contribution in [1.29, 1.82) is 0 Å². The van der Waals surface area contributed by atoms with E-state index in [0.29, 0.717) is 25.1 Å². The van der Waals surface area contributed by atoms with Gasteiger partial charge < -0.3 is 14.5 Å². The number of aromatic nitrogens is 1. The zero-order valence-corrected chi connectivity index (χ0v) is 14.2. The number of carbonyl (C=O) groups is 2. The summed E-state index contributed by atoms with van der Waals surface area (Å²) in [7, 11) is 1.64. The number of likely N-dealkylation sites (tertiary alicyclic amines) is 2. The first-order chi connectivity index (χ1) is 11.7. The van der Waals surface area contributed by atoms with E-state index in [9.17, 15) is 9.59 Å². The van der Waals surface area contributed by atoms with Gasteiger partial charge in [0.1, 0.15) is 0 Å².